The summed E-state index contributed by atoms with van der Waals surface area (Å²) in [5, 5.41) is 0. The van der Waals surface area contributed by atoms with Crippen LogP contribution < -0.4 is 0 Å². The zero-order valence-electron chi connectivity index (χ0n) is 11.8. The van der Waals surface area contributed by atoms with Crippen molar-refractivity contribution in [2.75, 3.05) is 13.2 Å². The number of ether oxygens (including phenoxy) is 1. The maximum absolute atomic E-state index is 12.6. The molecule has 0 saturated heterocycles. The van der Waals surface area contributed by atoms with E-state index in [-0.39, 0.29) is 18.5 Å². The Morgan fingerprint density at radius 3 is 2.32 bits per heavy atom. The minimum atomic E-state index is -0.381. The number of rotatable bonds is 1. The van der Waals surface area contributed by atoms with E-state index in [9.17, 15) is 9.59 Å². The number of fused-ring (bicyclic) bond motifs is 3. The van der Waals surface area contributed by atoms with E-state index in [0.717, 1.165) is 11.1 Å². The van der Waals surface area contributed by atoms with E-state index in [2.05, 4.69) is 0 Å². The first-order chi connectivity index (χ1) is 10.8. The first kappa shape index (κ1) is 12.8. The summed E-state index contributed by atoms with van der Waals surface area (Å²) >= 11 is 0. The van der Waals surface area contributed by atoms with Crippen LogP contribution in [-0.4, -0.2) is 29.9 Å². The first-order valence-electron chi connectivity index (χ1n) is 7.15. The normalized spacial score (nSPS) is 17.0. The van der Waals surface area contributed by atoms with Gasteiger partial charge in [0, 0.05) is 11.1 Å². The number of amides is 1. The molecular formula is C18H13NO3. The van der Waals surface area contributed by atoms with Gasteiger partial charge in [-0.05, 0) is 11.6 Å². The quantitative estimate of drug-likeness (QED) is 0.759. The Bertz CT molecular complexity index is 808. The van der Waals surface area contributed by atoms with Crippen LogP contribution in [0.15, 0.2) is 54.6 Å². The fourth-order valence-electron chi connectivity index (χ4n) is 3.01. The van der Waals surface area contributed by atoms with Gasteiger partial charge in [-0.25, -0.2) is 4.79 Å². The molecule has 2 aliphatic rings. The van der Waals surface area contributed by atoms with Crippen LogP contribution in [0.25, 0.3) is 11.3 Å². The molecule has 0 spiro atoms. The highest BCUT2D eigenvalue weighted by Crippen LogP contribution is 2.39. The molecule has 2 heterocycles. The smallest absolute Gasteiger partial charge is 0.340 e. The minimum Gasteiger partial charge on any atom is -0.460 e. The highest BCUT2D eigenvalue weighted by Gasteiger charge is 2.38. The van der Waals surface area contributed by atoms with Gasteiger partial charge in [0.1, 0.15) is 6.61 Å². The summed E-state index contributed by atoms with van der Waals surface area (Å²) in [5.74, 6) is -0.453. The van der Waals surface area contributed by atoms with Gasteiger partial charge in [-0.3, -0.25) is 4.79 Å². The van der Waals surface area contributed by atoms with Crippen molar-refractivity contribution in [3.8, 4) is 0 Å². The number of hydrogen-bond donors (Lipinski definition) is 0. The van der Waals surface area contributed by atoms with Crippen LogP contribution in [0.5, 0.6) is 0 Å². The largest absolute Gasteiger partial charge is 0.460 e. The second-order valence-corrected chi connectivity index (χ2v) is 5.23. The molecule has 1 amide bonds. The van der Waals surface area contributed by atoms with E-state index in [1.807, 2.05) is 48.5 Å². The summed E-state index contributed by atoms with van der Waals surface area (Å²) in [5.41, 5.74) is 3.32. The third-order valence-electron chi connectivity index (χ3n) is 3.98. The van der Waals surface area contributed by atoms with Crippen molar-refractivity contribution in [1.82, 2.24) is 4.90 Å². The molecule has 4 nitrogen and oxygen atoms in total. The Labute approximate surface area is 127 Å². The molecule has 0 N–H and O–H groups in total. The summed E-state index contributed by atoms with van der Waals surface area (Å²) in [6.07, 6.45) is 0. The molecule has 108 valence electrons. The fraction of sp³-hybridized carbons (Fsp3) is 0.111. The molecule has 0 bridgehead atoms. The van der Waals surface area contributed by atoms with Gasteiger partial charge in [0.05, 0.1) is 17.8 Å². The van der Waals surface area contributed by atoms with Crippen molar-refractivity contribution in [1.29, 1.82) is 0 Å². The fourth-order valence-corrected chi connectivity index (χ4v) is 3.01. The molecule has 0 aromatic heterocycles. The molecule has 4 rings (SSSR count). The summed E-state index contributed by atoms with van der Waals surface area (Å²) in [6, 6.07) is 16.7. The van der Waals surface area contributed by atoms with E-state index >= 15 is 0 Å². The molecule has 2 aromatic rings. The maximum atomic E-state index is 12.6. The monoisotopic (exact) mass is 291 g/mol. The standard InChI is InChI=1S/C18H13NO3/c20-17-14-9-5-4-8-13(14)16-15(12-6-2-1-3-7-12)18(21)22-11-10-19(16)17/h1-9H,10-11H2. The van der Waals surface area contributed by atoms with E-state index in [4.69, 9.17) is 4.74 Å². The molecule has 0 fully saturated rings. The van der Waals surface area contributed by atoms with Crippen LogP contribution in [-0.2, 0) is 9.53 Å². The van der Waals surface area contributed by atoms with Gasteiger partial charge < -0.3 is 9.64 Å². The summed E-state index contributed by atoms with van der Waals surface area (Å²) < 4.78 is 5.28. The molecule has 2 aromatic carbocycles. The summed E-state index contributed by atoms with van der Waals surface area (Å²) in [6.45, 7) is 0.587. The molecule has 0 atom stereocenters. The van der Waals surface area contributed by atoms with E-state index in [1.54, 1.807) is 11.0 Å². The number of hydrogen-bond acceptors (Lipinski definition) is 3. The van der Waals surface area contributed by atoms with Crippen molar-refractivity contribution in [2.45, 2.75) is 0 Å². The third-order valence-corrected chi connectivity index (χ3v) is 3.98. The van der Waals surface area contributed by atoms with Crippen molar-refractivity contribution in [3.63, 3.8) is 0 Å². The highest BCUT2D eigenvalue weighted by atomic mass is 16.5. The van der Waals surface area contributed by atoms with Crippen molar-refractivity contribution < 1.29 is 14.3 Å². The number of nitrogens with zero attached hydrogens (tertiary/aromatic N) is 1. The predicted octanol–water partition coefficient (Wildman–Crippen LogP) is 2.57. The molecule has 22 heavy (non-hydrogen) atoms. The highest BCUT2D eigenvalue weighted by molar-refractivity contribution is 6.29. The van der Waals surface area contributed by atoms with Crippen LogP contribution >= 0.6 is 0 Å². The number of esters is 1. The maximum Gasteiger partial charge on any atom is 0.340 e. The van der Waals surface area contributed by atoms with E-state index in [1.165, 1.54) is 0 Å². The number of carbonyl (C=O) groups excluding carboxylic acids is 2. The zero-order valence-corrected chi connectivity index (χ0v) is 11.8. The van der Waals surface area contributed by atoms with E-state index < -0.39 is 0 Å². The van der Waals surface area contributed by atoms with Gasteiger partial charge >= 0.3 is 5.97 Å². The lowest BCUT2D eigenvalue weighted by Gasteiger charge is -2.16. The first-order valence-corrected chi connectivity index (χ1v) is 7.15. The lowest BCUT2D eigenvalue weighted by molar-refractivity contribution is -0.136. The topological polar surface area (TPSA) is 46.6 Å². The van der Waals surface area contributed by atoms with Crippen LogP contribution in [0.3, 0.4) is 0 Å². The summed E-state index contributed by atoms with van der Waals surface area (Å²) in [7, 11) is 0. The Balaban J connectivity index is 2.04. The second kappa shape index (κ2) is 4.84. The molecule has 0 unspecified atom stereocenters. The van der Waals surface area contributed by atoms with Crippen molar-refractivity contribution in [3.05, 3.63) is 71.3 Å². The number of cyclic esters (lactones) is 1. The molecule has 4 heteroatoms. The van der Waals surface area contributed by atoms with E-state index in [0.29, 0.717) is 23.4 Å². The van der Waals surface area contributed by atoms with Crippen LogP contribution in [0, 0.1) is 0 Å². The molecule has 0 aliphatic carbocycles. The molecule has 2 aliphatic heterocycles. The predicted molar refractivity (Wildman–Crippen MR) is 81.7 cm³/mol. The van der Waals surface area contributed by atoms with Gasteiger partial charge in [0.15, 0.2) is 0 Å². The zero-order chi connectivity index (χ0) is 15.1. The molecular weight excluding hydrogens is 278 g/mol. The average Bonchev–Trinajstić information content (AvgIpc) is 2.72. The van der Waals surface area contributed by atoms with Crippen LogP contribution in [0.4, 0.5) is 0 Å². The summed E-state index contributed by atoms with van der Waals surface area (Å²) in [4.78, 5) is 26.7. The number of carbonyl (C=O) groups is 2. The SMILES string of the molecule is O=C1OCCN2C(=O)c3ccccc3C2=C1c1ccccc1. The Kier molecular flexibility index (Phi) is 2.82. The van der Waals surface area contributed by atoms with Gasteiger partial charge in [-0.1, -0.05) is 48.5 Å². The lowest BCUT2D eigenvalue weighted by atomic mass is 9.99. The van der Waals surface area contributed by atoms with Crippen molar-refractivity contribution >= 4 is 23.1 Å². The molecule has 0 saturated carbocycles. The van der Waals surface area contributed by atoms with Gasteiger partial charge in [0.25, 0.3) is 5.91 Å². The second-order valence-electron chi connectivity index (χ2n) is 5.23. The van der Waals surface area contributed by atoms with Gasteiger partial charge in [0.2, 0.25) is 0 Å². The Morgan fingerprint density at radius 2 is 1.55 bits per heavy atom. The Morgan fingerprint density at radius 1 is 0.864 bits per heavy atom. The van der Waals surface area contributed by atoms with Gasteiger partial charge in [-0.2, -0.15) is 0 Å². The third kappa shape index (κ3) is 1.77. The number of benzene rings is 2. The lowest BCUT2D eigenvalue weighted by Crippen LogP contribution is -2.25. The molecule has 0 radical (unpaired) electrons. The average molecular weight is 291 g/mol. The minimum absolute atomic E-state index is 0.0719. The Hall–Kier alpha value is -2.88. The van der Waals surface area contributed by atoms with Gasteiger partial charge in [-0.15, -0.1) is 0 Å². The van der Waals surface area contributed by atoms with Crippen molar-refractivity contribution in [2.24, 2.45) is 0 Å². The van der Waals surface area contributed by atoms with Crippen LogP contribution in [0.2, 0.25) is 0 Å². The van der Waals surface area contributed by atoms with Crippen LogP contribution in [0.1, 0.15) is 21.5 Å².